The lowest BCUT2D eigenvalue weighted by molar-refractivity contribution is -0.123. The number of nitriles is 1. The maximum atomic E-state index is 12.2. The van der Waals surface area contributed by atoms with Crippen LogP contribution in [-0.2, 0) is 4.79 Å². The van der Waals surface area contributed by atoms with E-state index in [4.69, 9.17) is 24.2 Å². The summed E-state index contributed by atoms with van der Waals surface area (Å²) in [4.78, 5) is 12.2. The van der Waals surface area contributed by atoms with E-state index in [1.165, 1.54) is 0 Å². The van der Waals surface area contributed by atoms with Gasteiger partial charge in [0.2, 0.25) is 0 Å². The van der Waals surface area contributed by atoms with E-state index in [1.807, 2.05) is 31.2 Å². The number of fused-ring (bicyclic) bond motifs is 1. The lowest BCUT2D eigenvalue weighted by Crippen LogP contribution is -2.42. The van der Waals surface area contributed by atoms with Crippen LogP contribution >= 0.6 is 15.9 Å². The predicted molar refractivity (Wildman–Crippen MR) is 105 cm³/mol. The standard InChI is InChI=1S/C20H19BrN2O5/c1-2-25-18-8-13(9-22)7-15(21)20(18)27-12-19(24)23-10-14-11-26-16-5-3-4-6-17(16)28-14/h3-8,14H,2,10-12H2,1H3,(H,23,24). The van der Waals surface area contributed by atoms with E-state index in [-0.39, 0.29) is 18.6 Å². The average molecular weight is 447 g/mol. The summed E-state index contributed by atoms with van der Waals surface area (Å²) in [6, 6.07) is 12.6. The molecule has 0 radical (unpaired) electrons. The molecule has 3 rings (SSSR count). The van der Waals surface area contributed by atoms with Crippen molar-refractivity contribution in [1.29, 1.82) is 5.26 Å². The molecule has 7 nitrogen and oxygen atoms in total. The predicted octanol–water partition coefficient (Wildman–Crippen LogP) is 3.05. The number of hydrogen-bond donors (Lipinski definition) is 1. The Kier molecular flexibility index (Phi) is 6.61. The Balaban J connectivity index is 1.53. The van der Waals surface area contributed by atoms with Crippen molar-refractivity contribution < 1.29 is 23.7 Å². The number of carbonyl (C=O) groups is 1. The zero-order chi connectivity index (χ0) is 19.9. The normalized spacial score (nSPS) is 14.7. The number of para-hydroxylation sites is 2. The van der Waals surface area contributed by atoms with E-state index in [9.17, 15) is 4.79 Å². The van der Waals surface area contributed by atoms with Crippen LogP contribution in [0.25, 0.3) is 0 Å². The zero-order valence-electron chi connectivity index (χ0n) is 15.2. The molecule has 2 aromatic rings. The Hall–Kier alpha value is -2.92. The number of halogens is 1. The van der Waals surface area contributed by atoms with Gasteiger partial charge in [0.25, 0.3) is 5.91 Å². The van der Waals surface area contributed by atoms with Gasteiger partial charge in [0.1, 0.15) is 12.7 Å². The van der Waals surface area contributed by atoms with Crippen LogP contribution in [0.15, 0.2) is 40.9 Å². The third-order valence-corrected chi connectivity index (χ3v) is 4.47. The fourth-order valence-corrected chi connectivity index (χ4v) is 3.17. The van der Waals surface area contributed by atoms with Crippen LogP contribution in [0.5, 0.6) is 23.0 Å². The van der Waals surface area contributed by atoms with Gasteiger partial charge in [0.15, 0.2) is 29.6 Å². The maximum absolute atomic E-state index is 12.2. The topological polar surface area (TPSA) is 89.8 Å². The molecule has 1 heterocycles. The van der Waals surface area contributed by atoms with Crippen molar-refractivity contribution in [3.63, 3.8) is 0 Å². The van der Waals surface area contributed by atoms with Crippen LogP contribution in [0.3, 0.4) is 0 Å². The van der Waals surface area contributed by atoms with Crippen LogP contribution in [0.4, 0.5) is 0 Å². The SMILES string of the molecule is CCOc1cc(C#N)cc(Br)c1OCC(=O)NCC1COc2ccccc2O1. The van der Waals surface area contributed by atoms with Gasteiger partial charge in [0, 0.05) is 6.07 Å². The largest absolute Gasteiger partial charge is 0.490 e. The molecular weight excluding hydrogens is 428 g/mol. The molecule has 1 amide bonds. The highest BCUT2D eigenvalue weighted by atomic mass is 79.9. The summed E-state index contributed by atoms with van der Waals surface area (Å²) >= 11 is 3.35. The number of benzene rings is 2. The van der Waals surface area contributed by atoms with Gasteiger partial charge in [-0.15, -0.1) is 0 Å². The van der Waals surface area contributed by atoms with Crippen molar-refractivity contribution >= 4 is 21.8 Å². The minimum atomic E-state index is -0.304. The van der Waals surface area contributed by atoms with Gasteiger partial charge >= 0.3 is 0 Å². The summed E-state index contributed by atoms with van der Waals surface area (Å²) < 4.78 is 23.1. The van der Waals surface area contributed by atoms with Crippen molar-refractivity contribution in [1.82, 2.24) is 5.32 Å². The van der Waals surface area contributed by atoms with E-state index in [2.05, 4.69) is 27.3 Å². The minimum absolute atomic E-state index is 0.200. The highest BCUT2D eigenvalue weighted by Crippen LogP contribution is 2.36. The van der Waals surface area contributed by atoms with Gasteiger partial charge in [-0.05, 0) is 41.1 Å². The Morgan fingerprint density at radius 1 is 1.32 bits per heavy atom. The zero-order valence-corrected chi connectivity index (χ0v) is 16.8. The summed E-state index contributed by atoms with van der Waals surface area (Å²) in [6.45, 7) is 2.68. The first-order valence-corrected chi connectivity index (χ1v) is 9.54. The monoisotopic (exact) mass is 446 g/mol. The van der Waals surface area contributed by atoms with E-state index in [1.54, 1.807) is 12.1 Å². The smallest absolute Gasteiger partial charge is 0.258 e. The molecule has 0 aliphatic carbocycles. The summed E-state index contributed by atoms with van der Waals surface area (Å²) in [5, 5.41) is 11.8. The number of nitrogens with zero attached hydrogens (tertiary/aromatic N) is 1. The summed E-state index contributed by atoms with van der Waals surface area (Å²) in [5.41, 5.74) is 0.432. The first-order valence-electron chi connectivity index (χ1n) is 8.75. The van der Waals surface area contributed by atoms with Gasteiger partial charge in [0.05, 0.1) is 29.3 Å². The Morgan fingerprint density at radius 2 is 2.11 bits per heavy atom. The molecule has 0 spiro atoms. The van der Waals surface area contributed by atoms with Crippen LogP contribution in [0.1, 0.15) is 12.5 Å². The number of carbonyl (C=O) groups excluding carboxylic acids is 1. The second kappa shape index (κ2) is 9.33. The molecule has 28 heavy (non-hydrogen) atoms. The number of rotatable bonds is 7. The van der Waals surface area contributed by atoms with Crippen molar-refractivity contribution in [2.75, 3.05) is 26.4 Å². The Morgan fingerprint density at radius 3 is 2.86 bits per heavy atom. The number of amides is 1. The van der Waals surface area contributed by atoms with Crippen molar-refractivity contribution in [3.05, 3.63) is 46.4 Å². The fraction of sp³-hybridized carbons (Fsp3) is 0.300. The Bertz CT molecular complexity index is 897. The second-order valence-corrected chi connectivity index (χ2v) is 6.77. The number of hydrogen-bond acceptors (Lipinski definition) is 6. The Labute approximate surface area is 171 Å². The van der Waals surface area contributed by atoms with E-state index >= 15 is 0 Å². The van der Waals surface area contributed by atoms with Gasteiger partial charge in [-0.1, -0.05) is 12.1 Å². The molecule has 0 saturated carbocycles. The molecule has 8 heteroatoms. The summed E-state index contributed by atoms with van der Waals surface area (Å²) in [7, 11) is 0. The first-order chi connectivity index (χ1) is 13.6. The van der Waals surface area contributed by atoms with Gasteiger partial charge in [-0.2, -0.15) is 5.26 Å². The van der Waals surface area contributed by atoms with Crippen molar-refractivity contribution in [2.45, 2.75) is 13.0 Å². The van der Waals surface area contributed by atoms with Gasteiger partial charge < -0.3 is 24.3 Å². The molecule has 2 aromatic carbocycles. The van der Waals surface area contributed by atoms with Crippen LogP contribution in [0, 0.1) is 11.3 Å². The minimum Gasteiger partial charge on any atom is -0.490 e. The lowest BCUT2D eigenvalue weighted by Gasteiger charge is -2.26. The fourth-order valence-electron chi connectivity index (χ4n) is 2.62. The van der Waals surface area contributed by atoms with Crippen LogP contribution in [0.2, 0.25) is 0 Å². The van der Waals surface area contributed by atoms with E-state index < -0.39 is 0 Å². The summed E-state index contributed by atoms with van der Waals surface area (Å²) in [5.74, 6) is 1.83. The van der Waals surface area contributed by atoms with Crippen LogP contribution < -0.4 is 24.3 Å². The molecule has 146 valence electrons. The third-order valence-electron chi connectivity index (χ3n) is 3.88. The highest BCUT2D eigenvalue weighted by molar-refractivity contribution is 9.10. The second-order valence-electron chi connectivity index (χ2n) is 5.92. The molecule has 1 unspecified atom stereocenters. The molecular formula is C20H19BrN2O5. The van der Waals surface area contributed by atoms with E-state index in [0.717, 1.165) is 0 Å². The molecule has 0 fully saturated rings. The molecule has 1 aliphatic heterocycles. The van der Waals surface area contributed by atoms with Gasteiger partial charge in [-0.25, -0.2) is 0 Å². The molecule has 1 N–H and O–H groups in total. The third kappa shape index (κ3) is 4.87. The van der Waals surface area contributed by atoms with Gasteiger partial charge in [-0.3, -0.25) is 4.79 Å². The maximum Gasteiger partial charge on any atom is 0.258 e. The van der Waals surface area contributed by atoms with Crippen molar-refractivity contribution in [2.24, 2.45) is 0 Å². The molecule has 1 aliphatic rings. The average Bonchev–Trinajstić information content (AvgIpc) is 2.71. The molecule has 0 bridgehead atoms. The summed E-state index contributed by atoms with van der Waals surface area (Å²) in [6.07, 6.45) is -0.278. The molecule has 1 atom stereocenters. The first kappa shape index (κ1) is 19.8. The molecule has 0 saturated heterocycles. The molecule has 0 aromatic heterocycles. The number of ether oxygens (including phenoxy) is 4. The quantitative estimate of drug-likeness (QED) is 0.702. The highest BCUT2D eigenvalue weighted by Gasteiger charge is 2.21. The van der Waals surface area contributed by atoms with Crippen molar-refractivity contribution in [3.8, 4) is 29.1 Å². The van der Waals surface area contributed by atoms with Crippen LogP contribution in [-0.4, -0.2) is 38.4 Å². The number of nitrogens with one attached hydrogen (secondary N) is 1. The van der Waals surface area contributed by atoms with E-state index in [0.29, 0.717) is 52.8 Å². The lowest BCUT2D eigenvalue weighted by atomic mass is 10.2.